The third-order valence-electron chi connectivity index (χ3n) is 5.89. The van der Waals surface area contributed by atoms with E-state index in [4.69, 9.17) is 0 Å². The first-order valence-electron chi connectivity index (χ1n) is 9.59. The third kappa shape index (κ3) is 2.98. The van der Waals surface area contributed by atoms with Gasteiger partial charge in [-0.15, -0.1) is 0 Å². The molecule has 3 atom stereocenters. The van der Waals surface area contributed by atoms with Gasteiger partial charge in [0.2, 0.25) is 11.8 Å². The highest BCUT2D eigenvalue weighted by Crippen LogP contribution is 2.43. The Morgan fingerprint density at radius 2 is 1.89 bits per heavy atom. The van der Waals surface area contributed by atoms with Crippen LogP contribution in [0.2, 0.25) is 0 Å². The van der Waals surface area contributed by atoms with Crippen LogP contribution in [-0.2, 0) is 9.59 Å². The summed E-state index contributed by atoms with van der Waals surface area (Å²) in [5.74, 6) is -0.466. The van der Waals surface area contributed by atoms with Gasteiger partial charge in [0.1, 0.15) is 5.82 Å². The molecule has 1 N–H and O–H groups in total. The van der Waals surface area contributed by atoms with Crippen LogP contribution in [0.25, 0.3) is 11.1 Å². The van der Waals surface area contributed by atoms with Crippen molar-refractivity contribution >= 4 is 11.8 Å². The first kappa shape index (κ1) is 18.6. The van der Waals surface area contributed by atoms with Crippen LogP contribution in [0.4, 0.5) is 4.39 Å². The summed E-state index contributed by atoms with van der Waals surface area (Å²) in [7, 11) is 0. The van der Waals surface area contributed by atoms with Crippen LogP contribution in [0.1, 0.15) is 24.8 Å². The lowest BCUT2D eigenvalue weighted by Gasteiger charge is -2.58. The van der Waals surface area contributed by atoms with E-state index in [9.17, 15) is 19.1 Å². The molecule has 6 heteroatoms. The van der Waals surface area contributed by atoms with Crippen LogP contribution in [-0.4, -0.2) is 58.5 Å². The van der Waals surface area contributed by atoms with E-state index in [1.54, 1.807) is 34.9 Å². The molecule has 2 heterocycles. The Balaban J connectivity index is 1.60. The molecular formula is C22H23FN2O3. The van der Waals surface area contributed by atoms with Gasteiger partial charge in [0.05, 0.1) is 25.2 Å². The Bertz CT molecular complexity index is 899. The number of carbonyl (C=O) groups excluding carboxylic acids is 2. The van der Waals surface area contributed by atoms with Crippen LogP contribution in [0.3, 0.4) is 0 Å². The lowest BCUT2D eigenvalue weighted by Crippen LogP contribution is -2.73. The molecular weight excluding hydrogens is 359 g/mol. The number of hydrogen-bond acceptors (Lipinski definition) is 3. The smallest absolute Gasteiger partial charge is 0.242 e. The normalized spacial score (nSPS) is 24.0. The fourth-order valence-electron chi connectivity index (χ4n) is 4.49. The topological polar surface area (TPSA) is 60.9 Å². The van der Waals surface area contributed by atoms with E-state index in [0.29, 0.717) is 18.5 Å². The molecule has 0 bridgehead atoms. The van der Waals surface area contributed by atoms with Gasteiger partial charge in [0.15, 0.2) is 0 Å². The SMILES string of the molecule is CCC(=O)N1CC(=O)N2[C@H](C1)[C@H](c1ccc(-c3ccccc3F)cc1)[C@@H]2CO. The molecule has 2 saturated heterocycles. The van der Waals surface area contributed by atoms with Crippen LogP contribution in [0.15, 0.2) is 48.5 Å². The average molecular weight is 382 g/mol. The molecule has 0 aliphatic carbocycles. The maximum absolute atomic E-state index is 14.0. The number of benzene rings is 2. The monoisotopic (exact) mass is 382 g/mol. The first-order chi connectivity index (χ1) is 13.5. The second kappa shape index (κ2) is 7.36. The van der Waals surface area contributed by atoms with E-state index in [2.05, 4.69) is 0 Å². The second-order valence-corrected chi connectivity index (χ2v) is 7.37. The Kier molecular flexibility index (Phi) is 4.89. The van der Waals surface area contributed by atoms with Crippen molar-refractivity contribution in [3.05, 3.63) is 59.9 Å². The van der Waals surface area contributed by atoms with Gasteiger partial charge in [-0.25, -0.2) is 4.39 Å². The number of fused-ring (bicyclic) bond motifs is 1. The molecule has 0 aromatic heterocycles. The summed E-state index contributed by atoms with van der Waals surface area (Å²) in [5, 5.41) is 9.84. The largest absolute Gasteiger partial charge is 0.394 e. The summed E-state index contributed by atoms with van der Waals surface area (Å²) in [5.41, 5.74) is 2.30. The number of piperazine rings is 1. The standard InChI is InChI=1S/C22H23FN2O3/c1-2-20(27)24-11-18-22(19(13-26)25(18)21(28)12-24)15-9-7-14(8-10-15)16-5-3-4-6-17(16)23/h3-10,18-19,22,26H,2,11-13H2,1H3/t18-,19+,22+/m1/s1. The zero-order valence-corrected chi connectivity index (χ0v) is 15.7. The summed E-state index contributed by atoms with van der Waals surface area (Å²) >= 11 is 0. The predicted octanol–water partition coefficient (Wildman–Crippen LogP) is 2.40. The van der Waals surface area contributed by atoms with E-state index >= 15 is 0 Å². The summed E-state index contributed by atoms with van der Waals surface area (Å²) in [6.07, 6.45) is 0.366. The van der Waals surface area contributed by atoms with Gasteiger partial charge in [-0.1, -0.05) is 49.4 Å². The fraction of sp³-hybridized carbons (Fsp3) is 0.364. The Morgan fingerprint density at radius 1 is 1.18 bits per heavy atom. The fourth-order valence-corrected chi connectivity index (χ4v) is 4.49. The van der Waals surface area contributed by atoms with Crippen molar-refractivity contribution in [3.8, 4) is 11.1 Å². The van der Waals surface area contributed by atoms with Crippen molar-refractivity contribution in [1.82, 2.24) is 9.80 Å². The molecule has 4 rings (SSSR count). The number of amides is 2. The highest BCUT2D eigenvalue weighted by Gasteiger charge is 2.54. The number of carbonyl (C=O) groups is 2. The first-order valence-corrected chi connectivity index (χ1v) is 9.59. The number of hydrogen-bond donors (Lipinski definition) is 1. The highest BCUT2D eigenvalue weighted by molar-refractivity contribution is 5.87. The van der Waals surface area contributed by atoms with Crippen molar-refractivity contribution < 1.29 is 19.1 Å². The van der Waals surface area contributed by atoms with E-state index in [1.807, 2.05) is 24.3 Å². The zero-order valence-electron chi connectivity index (χ0n) is 15.7. The number of rotatable bonds is 4. The Hall–Kier alpha value is -2.73. The molecule has 0 radical (unpaired) electrons. The Morgan fingerprint density at radius 3 is 2.54 bits per heavy atom. The Labute approximate surface area is 163 Å². The highest BCUT2D eigenvalue weighted by atomic mass is 19.1. The molecule has 2 aromatic rings. The van der Waals surface area contributed by atoms with Crippen LogP contribution in [0.5, 0.6) is 0 Å². The minimum absolute atomic E-state index is 0.0332. The second-order valence-electron chi connectivity index (χ2n) is 7.37. The minimum atomic E-state index is -0.282. The summed E-state index contributed by atoms with van der Waals surface area (Å²) in [4.78, 5) is 27.9. The maximum atomic E-state index is 14.0. The van der Waals surface area contributed by atoms with Crippen LogP contribution >= 0.6 is 0 Å². The van der Waals surface area contributed by atoms with Gasteiger partial charge in [-0.3, -0.25) is 9.59 Å². The number of aliphatic hydroxyl groups excluding tert-OH is 1. The molecule has 2 amide bonds. The average Bonchev–Trinajstić information content (AvgIpc) is 2.70. The minimum Gasteiger partial charge on any atom is -0.394 e. The van der Waals surface area contributed by atoms with Gasteiger partial charge < -0.3 is 14.9 Å². The van der Waals surface area contributed by atoms with E-state index < -0.39 is 0 Å². The lowest BCUT2D eigenvalue weighted by molar-refractivity contribution is -0.166. The number of nitrogens with zero attached hydrogens (tertiary/aromatic N) is 2. The molecule has 2 aliphatic heterocycles. The van der Waals surface area contributed by atoms with Crippen molar-refractivity contribution in [1.29, 1.82) is 0 Å². The van der Waals surface area contributed by atoms with Gasteiger partial charge in [-0.2, -0.15) is 0 Å². The summed E-state index contributed by atoms with van der Waals surface area (Å²) in [6, 6.07) is 13.8. The van der Waals surface area contributed by atoms with E-state index in [1.165, 1.54) is 6.07 Å². The third-order valence-corrected chi connectivity index (χ3v) is 5.89. The molecule has 2 fully saturated rings. The van der Waals surface area contributed by atoms with Crippen LogP contribution in [0, 0.1) is 5.82 Å². The molecule has 28 heavy (non-hydrogen) atoms. The molecule has 2 aliphatic rings. The van der Waals surface area contributed by atoms with Crippen molar-refractivity contribution in [2.75, 3.05) is 19.7 Å². The summed E-state index contributed by atoms with van der Waals surface area (Å²) in [6.45, 7) is 2.23. The van der Waals surface area contributed by atoms with Crippen LogP contribution < -0.4 is 0 Å². The lowest BCUT2D eigenvalue weighted by atomic mass is 9.73. The molecule has 0 unspecified atom stereocenters. The van der Waals surface area contributed by atoms with Crippen molar-refractivity contribution in [3.63, 3.8) is 0 Å². The molecule has 146 valence electrons. The van der Waals surface area contributed by atoms with Gasteiger partial charge in [0.25, 0.3) is 0 Å². The predicted molar refractivity (Wildman–Crippen MR) is 103 cm³/mol. The maximum Gasteiger partial charge on any atom is 0.242 e. The molecule has 5 nitrogen and oxygen atoms in total. The van der Waals surface area contributed by atoms with Gasteiger partial charge in [0, 0.05) is 24.4 Å². The van der Waals surface area contributed by atoms with E-state index in [-0.39, 0.29) is 48.8 Å². The summed E-state index contributed by atoms with van der Waals surface area (Å²) < 4.78 is 14.0. The van der Waals surface area contributed by atoms with Crippen molar-refractivity contribution in [2.45, 2.75) is 31.3 Å². The number of aliphatic hydroxyl groups is 1. The molecule has 0 saturated carbocycles. The van der Waals surface area contributed by atoms with Crippen molar-refractivity contribution in [2.24, 2.45) is 0 Å². The molecule has 2 aromatic carbocycles. The van der Waals surface area contributed by atoms with E-state index in [0.717, 1.165) is 11.1 Å². The quantitative estimate of drug-likeness (QED) is 0.883. The van der Waals surface area contributed by atoms with Gasteiger partial charge in [-0.05, 0) is 17.2 Å². The zero-order chi connectivity index (χ0) is 19.8. The molecule has 0 spiro atoms. The number of halogens is 1. The van der Waals surface area contributed by atoms with Gasteiger partial charge >= 0.3 is 0 Å².